The van der Waals surface area contributed by atoms with Gasteiger partial charge in [-0.25, -0.2) is 4.98 Å². The third-order valence-corrected chi connectivity index (χ3v) is 3.35. The molecule has 1 aromatic rings. The van der Waals surface area contributed by atoms with Crippen LogP contribution in [0.15, 0.2) is 18.2 Å². The van der Waals surface area contributed by atoms with Gasteiger partial charge in [0.15, 0.2) is 0 Å². The zero-order chi connectivity index (χ0) is 12.1. The second kappa shape index (κ2) is 5.87. The van der Waals surface area contributed by atoms with Gasteiger partial charge < -0.3 is 15.4 Å². The molecule has 1 aromatic heterocycles. The van der Waals surface area contributed by atoms with Gasteiger partial charge in [-0.2, -0.15) is 0 Å². The predicted octanol–water partition coefficient (Wildman–Crippen LogP) is 2.35. The minimum Gasteiger partial charge on any atom is -0.381 e. The van der Waals surface area contributed by atoms with Gasteiger partial charge in [-0.3, -0.25) is 0 Å². The van der Waals surface area contributed by atoms with Crippen LogP contribution >= 0.6 is 0 Å². The molecule has 4 heteroatoms. The summed E-state index contributed by atoms with van der Waals surface area (Å²) in [6, 6.07) is 6.43. The lowest BCUT2D eigenvalue weighted by atomic mass is 9.93. The number of anilines is 2. The van der Waals surface area contributed by atoms with E-state index in [2.05, 4.69) is 22.5 Å². The van der Waals surface area contributed by atoms with Crippen molar-refractivity contribution in [1.82, 2.24) is 4.98 Å². The number of hydrogen-bond donors (Lipinski definition) is 2. The Morgan fingerprint density at radius 1 is 1.29 bits per heavy atom. The molecule has 1 fully saturated rings. The number of pyridine rings is 1. The van der Waals surface area contributed by atoms with Crippen molar-refractivity contribution < 1.29 is 4.74 Å². The first-order valence-electron chi connectivity index (χ1n) is 6.28. The first-order valence-corrected chi connectivity index (χ1v) is 6.28. The summed E-state index contributed by atoms with van der Waals surface area (Å²) in [6.45, 7) is 4.01. The molecule has 0 radical (unpaired) electrons. The molecule has 1 saturated heterocycles. The number of hydrogen-bond acceptors (Lipinski definition) is 4. The Hall–Kier alpha value is -1.29. The predicted molar refractivity (Wildman–Crippen MR) is 70.4 cm³/mol. The van der Waals surface area contributed by atoms with Crippen molar-refractivity contribution in [2.45, 2.75) is 25.8 Å². The van der Waals surface area contributed by atoms with E-state index < -0.39 is 0 Å². The van der Waals surface area contributed by atoms with E-state index in [0.717, 1.165) is 37.7 Å². The number of ether oxygens (including phenoxy) is 1. The monoisotopic (exact) mass is 235 g/mol. The van der Waals surface area contributed by atoms with E-state index in [1.807, 2.05) is 25.2 Å². The van der Waals surface area contributed by atoms with Crippen molar-refractivity contribution in [2.24, 2.45) is 5.92 Å². The number of nitrogens with zero attached hydrogens (tertiary/aromatic N) is 1. The van der Waals surface area contributed by atoms with Crippen molar-refractivity contribution in [1.29, 1.82) is 0 Å². The van der Waals surface area contributed by atoms with Crippen molar-refractivity contribution in [3.8, 4) is 0 Å². The van der Waals surface area contributed by atoms with E-state index in [0.29, 0.717) is 12.0 Å². The van der Waals surface area contributed by atoms with E-state index in [1.54, 1.807) is 0 Å². The summed E-state index contributed by atoms with van der Waals surface area (Å²) in [7, 11) is 1.88. The van der Waals surface area contributed by atoms with Gasteiger partial charge in [0.2, 0.25) is 0 Å². The Morgan fingerprint density at radius 2 is 2.00 bits per heavy atom. The Labute approximate surface area is 103 Å². The van der Waals surface area contributed by atoms with Crippen molar-refractivity contribution in [3.63, 3.8) is 0 Å². The molecule has 1 unspecified atom stereocenters. The standard InChI is InChI=1S/C13H21N3O/c1-10(11-6-8-17-9-7-11)15-13-5-3-4-12(14-2)16-13/h3-5,10-11H,6-9H2,1-2H3,(H2,14,15,16). The van der Waals surface area contributed by atoms with Gasteiger partial charge >= 0.3 is 0 Å². The van der Waals surface area contributed by atoms with Crippen molar-refractivity contribution >= 4 is 11.6 Å². The highest BCUT2D eigenvalue weighted by atomic mass is 16.5. The molecule has 2 heterocycles. The maximum absolute atomic E-state index is 5.38. The quantitative estimate of drug-likeness (QED) is 0.841. The lowest BCUT2D eigenvalue weighted by Gasteiger charge is -2.28. The molecule has 0 spiro atoms. The van der Waals surface area contributed by atoms with Crippen LogP contribution in [-0.2, 0) is 4.74 Å². The molecule has 94 valence electrons. The van der Waals surface area contributed by atoms with Crippen LogP contribution < -0.4 is 10.6 Å². The molecule has 0 amide bonds. The van der Waals surface area contributed by atoms with E-state index in [9.17, 15) is 0 Å². The topological polar surface area (TPSA) is 46.2 Å². The summed E-state index contributed by atoms with van der Waals surface area (Å²) in [5, 5.41) is 6.53. The van der Waals surface area contributed by atoms with Gasteiger partial charge in [0.25, 0.3) is 0 Å². The average Bonchev–Trinajstić information content (AvgIpc) is 2.40. The maximum Gasteiger partial charge on any atom is 0.128 e. The molecule has 0 aliphatic carbocycles. The smallest absolute Gasteiger partial charge is 0.128 e. The first-order chi connectivity index (χ1) is 8.29. The molecule has 2 N–H and O–H groups in total. The molecule has 0 aromatic carbocycles. The first kappa shape index (κ1) is 12.2. The fourth-order valence-electron chi connectivity index (χ4n) is 2.22. The zero-order valence-corrected chi connectivity index (χ0v) is 10.6. The van der Waals surface area contributed by atoms with Crippen LogP contribution in [0.25, 0.3) is 0 Å². The molecule has 1 aliphatic heterocycles. The summed E-state index contributed by atoms with van der Waals surface area (Å²) in [4.78, 5) is 4.47. The molecule has 0 bridgehead atoms. The highest BCUT2D eigenvalue weighted by Crippen LogP contribution is 2.21. The Morgan fingerprint density at radius 3 is 2.71 bits per heavy atom. The van der Waals surface area contributed by atoms with Crippen LogP contribution in [0.1, 0.15) is 19.8 Å². The normalized spacial score (nSPS) is 18.7. The van der Waals surface area contributed by atoms with Gasteiger partial charge in [-0.1, -0.05) is 6.07 Å². The molecule has 4 nitrogen and oxygen atoms in total. The van der Waals surface area contributed by atoms with Crippen LogP contribution in [0.4, 0.5) is 11.6 Å². The zero-order valence-electron chi connectivity index (χ0n) is 10.6. The Kier molecular flexibility index (Phi) is 4.20. The Bertz CT molecular complexity index is 350. The molecule has 17 heavy (non-hydrogen) atoms. The van der Waals surface area contributed by atoms with Gasteiger partial charge in [0, 0.05) is 26.3 Å². The fourth-order valence-corrected chi connectivity index (χ4v) is 2.22. The average molecular weight is 235 g/mol. The summed E-state index contributed by atoms with van der Waals surface area (Å²) in [6.07, 6.45) is 2.28. The van der Waals surface area contributed by atoms with E-state index >= 15 is 0 Å². The molecule has 0 saturated carbocycles. The van der Waals surface area contributed by atoms with Crippen LogP contribution in [0.5, 0.6) is 0 Å². The minimum atomic E-state index is 0.443. The van der Waals surface area contributed by atoms with Crippen LogP contribution in [0, 0.1) is 5.92 Å². The van der Waals surface area contributed by atoms with Gasteiger partial charge in [-0.15, -0.1) is 0 Å². The number of aromatic nitrogens is 1. The van der Waals surface area contributed by atoms with Crippen LogP contribution in [0.2, 0.25) is 0 Å². The lowest BCUT2D eigenvalue weighted by molar-refractivity contribution is 0.0622. The summed E-state index contributed by atoms with van der Waals surface area (Å²) in [5.74, 6) is 2.52. The van der Waals surface area contributed by atoms with Gasteiger partial charge in [-0.05, 0) is 37.8 Å². The number of rotatable bonds is 4. The maximum atomic E-state index is 5.38. The molecule has 1 aliphatic rings. The third kappa shape index (κ3) is 3.33. The minimum absolute atomic E-state index is 0.443. The van der Waals surface area contributed by atoms with Crippen LogP contribution in [-0.4, -0.2) is 31.3 Å². The Balaban J connectivity index is 1.94. The van der Waals surface area contributed by atoms with Gasteiger partial charge in [0.05, 0.1) is 0 Å². The largest absolute Gasteiger partial charge is 0.381 e. The highest BCUT2D eigenvalue weighted by molar-refractivity contribution is 5.45. The lowest BCUT2D eigenvalue weighted by Crippen LogP contribution is -2.31. The second-order valence-electron chi connectivity index (χ2n) is 4.54. The summed E-state index contributed by atoms with van der Waals surface area (Å²) < 4.78 is 5.38. The highest BCUT2D eigenvalue weighted by Gasteiger charge is 2.20. The SMILES string of the molecule is CNc1cccc(NC(C)C2CCOCC2)n1. The third-order valence-electron chi connectivity index (χ3n) is 3.35. The van der Waals surface area contributed by atoms with Crippen molar-refractivity contribution in [2.75, 3.05) is 30.9 Å². The second-order valence-corrected chi connectivity index (χ2v) is 4.54. The van der Waals surface area contributed by atoms with E-state index in [4.69, 9.17) is 4.74 Å². The molecular formula is C13H21N3O. The molecular weight excluding hydrogens is 214 g/mol. The van der Waals surface area contributed by atoms with Gasteiger partial charge in [0.1, 0.15) is 11.6 Å². The molecule has 2 rings (SSSR count). The van der Waals surface area contributed by atoms with Crippen LogP contribution in [0.3, 0.4) is 0 Å². The fraction of sp³-hybridized carbons (Fsp3) is 0.615. The summed E-state index contributed by atoms with van der Waals surface area (Å²) in [5.41, 5.74) is 0. The van der Waals surface area contributed by atoms with E-state index in [-0.39, 0.29) is 0 Å². The number of nitrogens with one attached hydrogen (secondary N) is 2. The molecule has 1 atom stereocenters. The van der Waals surface area contributed by atoms with E-state index in [1.165, 1.54) is 0 Å². The van der Waals surface area contributed by atoms with Crippen molar-refractivity contribution in [3.05, 3.63) is 18.2 Å². The summed E-state index contributed by atoms with van der Waals surface area (Å²) >= 11 is 0.